The van der Waals surface area contributed by atoms with Gasteiger partial charge in [0.25, 0.3) is 0 Å². The predicted octanol–water partition coefficient (Wildman–Crippen LogP) is 2.70. The summed E-state index contributed by atoms with van der Waals surface area (Å²) < 4.78 is 12.2. The van der Waals surface area contributed by atoms with Crippen molar-refractivity contribution in [2.75, 3.05) is 20.1 Å². The van der Waals surface area contributed by atoms with Crippen molar-refractivity contribution in [1.29, 1.82) is 0 Å². The van der Waals surface area contributed by atoms with Crippen LogP contribution in [0.3, 0.4) is 0 Å². The highest BCUT2D eigenvalue weighted by Crippen LogP contribution is 2.36. The smallest absolute Gasteiger partial charge is 0.399 e. The molecule has 2 aliphatic rings. The van der Waals surface area contributed by atoms with E-state index in [9.17, 15) is 0 Å². The Hall–Kier alpha value is -1.10. The standard InChI is InChI=1S/C18H26BNO2/c1-17(2)18(3,4)22-19(21-17)16-8-6-14(7-9-16)15-10-12-20(5)13-11-15/h6-10H,11-13H2,1-5H3. The highest BCUT2D eigenvalue weighted by atomic mass is 16.7. The normalized spacial score (nSPS) is 24.4. The van der Waals surface area contributed by atoms with Gasteiger partial charge in [0.05, 0.1) is 11.2 Å². The van der Waals surface area contributed by atoms with E-state index in [2.05, 4.69) is 70.0 Å². The van der Waals surface area contributed by atoms with Crippen LogP contribution in [0.1, 0.15) is 39.7 Å². The first-order valence-electron chi connectivity index (χ1n) is 8.12. The molecule has 0 spiro atoms. The molecule has 0 N–H and O–H groups in total. The Labute approximate surface area is 134 Å². The Kier molecular flexibility index (Phi) is 3.96. The molecule has 0 bridgehead atoms. The second-order valence-corrected chi connectivity index (χ2v) is 7.45. The minimum absolute atomic E-state index is 0.273. The van der Waals surface area contributed by atoms with Crippen molar-refractivity contribution >= 4 is 18.2 Å². The summed E-state index contributed by atoms with van der Waals surface area (Å²) in [7, 11) is 1.89. The van der Waals surface area contributed by atoms with E-state index in [1.807, 2.05) is 0 Å². The van der Waals surface area contributed by atoms with Gasteiger partial charge in [0.2, 0.25) is 0 Å². The van der Waals surface area contributed by atoms with Crippen LogP contribution in [0.2, 0.25) is 0 Å². The van der Waals surface area contributed by atoms with Gasteiger partial charge in [-0.25, -0.2) is 0 Å². The van der Waals surface area contributed by atoms with E-state index in [0.717, 1.165) is 25.0 Å². The Morgan fingerprint density at radius 3 is 2.09 bits per heavy atom. The molecule has 1 saturated heterocycles. The summed E-state index contributed by atoms with van der Waals surface area (Å²) in [6.07, 6.45) is 3.44. The highest BCUT2D eigenvalue weighted by molar-refractivity contribution is 6.62. The van der Waals surface area contributed by atoms with Gasteiger partial charge in [0.1, 0.15) is 0 Å². The Morgan fingerprint density at radius 1 is 1.00 bits per heavy atom. The third-order valence-corrected chi connectivity index (χ3v) is 5.22. The number of likely N-dealkylation sites (N-methyl/N-ethyl adjacent to an activating group) is 1. The summed E-state index contributed by atoms with van der Waals surface area (Å²) in [6, 6.07) is 8.66. The second kappa shape index (κ2) is 5.52. The number of benzene rings is 1. The van der Waals surface area contributed by atoms with Gasteiger partial charge in [-0.1, -0.05) is 30.3 Å². The molecule has 0 aliphatic carbocycles. The Balaban J connectivity index is 1.76. The monoisotopic (exact) mass is 299 g/mol. The molecule has 0 atom stereocenters. The zero-order chi connectivity index (χ0) is 16.0. The summed E-state index contributed by atoms with van der Waals surface area (Å²) in [5.74, 6) is 0. The fourth-order valence-corrected chi connectivity index (χ4v) is 2.87. The zero-order valence-corrected chi connectivity index (χ0v) is 14.3. The minimum atomic E-state index is -0.285. The maximum absolute atomic E-state index is 6.11. The van der Waals surface area contributed by atoms with Crippen LogP contribution in [-0.2, 0) is 9.31 Å². The van der Waals surface area contributed by atoms with Gasteiger partial charge in [-0.05, 0) is 57.8 Å². The number of hydrogen-bond donors (Lipinski definition) is 0. The van der Waals surface area contributed by atoms with Crippen LogP contribution in [0.25, 0.3) is 5.57 Å². The molecule has 118 valence electrons. The van der Waals surface area contributed by atoms with Crippen molar-refractivity contribution in [3.63, 3.8) is 0 Å². The number of hydrogen-bond acceptors (Lipinski definition) is 3. The van der Waals surface area contributed by atoms with Gasteiger partial charge in [-0.15, -0.1) is 0 Å². The lowest BCUT2D eigenvalue weighted by Gasteiger charge is -2.32. The third kappa shape index (κ3) is 2.88. The Morgan fingerprint density at radius 2 is 1.59 bits per heavy atom. The van der Waals surface area contributed by atoms with Gasteiger partial charge in [-0.3, -0.25) is 0 Å². The Bertz CT molecular complexity index is 561. The zero-order valence-electron chi connectivity index (χ0n) is 14.3. The third-order valence-electron chi connectivity index (χ3n) is 5.22. The fraction of sp³-hybridized carbons (Fsp3) is 0.556. The lowest BCUT2D eigenvalue weighted by atomic mass is 9.78. The maximum atomic E-state index is 6.11. The summed E-state index contributed by atoms with van der Waals surface area (Å²) in [5, 5.41) is 0. The molecule has 0 aromatic heterocycles. The number of rotatable bonds is 2. The molecule has 4 heteroatoms. The van der Waals surface area contributed by atoms with Crippen molar-refractivity contribution < 1.29 is 9.31 Å². The van der Waals surface area contributed by atoms with Crippen LogP contribution in [0.4, 0.5) is 0 Å². The quantitative estimate of drug-likeness (QED) is 0.784. The number of nitrogens with zero attached hydrogens (tertiary/aromatic N) is 1. The topological polar surface area (TPSA) is 21.7 Å². The fourth-order valence-electron chi connectivity index (χ4n) is 2.87. The first kappa shape index (κ1) is 15.8. The lowest BCUT2D eigenvalue weighted by Crippen LogP contribution is -2.41. The molecule has 1 aromatic rings. The molecule has 0 unspecified atom stereocenters. The van der Waals surface area contributed by atoms with E-state index in [1.165, 1.54) is 11.1 Å². The molecular formula is C18H26BNO2. The molecule has 3 nitrogen and oxygen atoms in total. The summed E-state index contributed by atoms with van der Waals surface area (Å²) in [4.78, 5) is 2.34. The highest BCUT2D eigenvalue weighted by Gasteiger charge is 2.51. The van der Waals surface area contributed by atoms with Gasteiger partial charge >= 0.3 is 7.12 Å². The van der Waals surface area contributed by atoms with Gasteiger partial charge in [0.15, 0.2) is 0 Å². The van der Waals surface area contributed by atoms with E-state index in [0.29, 0.717) is 0 Å². The summed E-state index contributed by atoms with van der Waals surface area (Å²) in [5.41, 5.74) is 3.28. The first-order chi connectivity index (χ1) is 10.3. The molecular weight excluding hydrogens is 273 g/mol. The predicted molar refractivity (Wildman–Crippen MR) is 92.2 cm³/mol. The van der Waals surface area contributed by atoms with E-state index < -0.39 is 0 Å². The van der Waals surface area contributed by atoms with Crippen LogP contribution < -0.4 is 5.46 Å². The molecule has 2 heterocycles. The van der Waals surface area contributed by atoms with Crippen LogP contribution in [0.5, 0.6) is 0 Å². The van der Waals surface area contributed by atoms with E-state index in [1.54, 1.807) is 0 Å². The molecule has 22 heavy (non-hydrogen) atoms. The van der Waals surface area contributed by atoms with Crippen LogP contribution in [0, 0.1) is 0 Å². The first-order valence-corrected chi connectivity index (χ1v) is 8.12. The molecule has 3 rings (SSSR count). The molecule has 0 amide bonds. The molecule has 1 fully saturated rings. The van der Waals surface area contributed by atoms with Crippen molar-refractivity contribution in [2.45, 2.75) is 45.3 Å². The van der Waals surface area contributed by atoms with Crippen LogP contribution in [-0.4, -0.2) is 43.4 Å². The van der Waals surface area contributed by atoms with Crippen molar-refractivity contribution in [1.82, 2.24) is 4.90 Å². The molecule has 0 saturated carbocycles. The van der Waals surface area contributed by atoms with E-state index in [-0.39, 0.29) is 18.3 Å². The molecule has 1 aromatic carbocycles. The maximum Gasteiger partial charge on any atom is 0.494 e. The van der Waals surface area contributed by atoms with Crippen molar-refractivity contribution in [3.05, 3.63) is 35.9 Å². The average molecular weight is 299 g/mol. The van der Waals surface area contributed by atoms with Gasteiger partial charge < -0.3 is 14.2 Å². The van der Waals surface area contributed by atoms with E-state index in [4.69, 9.17) is 9.31 Å². The molecule has 0 radical (unpaired) electrons. The van der Waals surface area contributed by atoms with Crippen LogP contribution >= 0.6 is 0 Å². The van der Waals surface area contributed by atoms with Crippen molar-refractivity contribution in [2.24, 2.45) is 0 Å². The van der Waals surface area contributed by atoms with E-state index >= 15 is 0 Å². The summed E-state index contributed by atoms with van der Waals surface area (Å²) >= 11 is 0. The average Bonchev–Trinajstić information content (AvgIpc) is 2.68. The SMILES string of the molecule is CN1CC=C(c2ccc(B3OC(C)(C)C(C)(C)O3)cc2)CC1. The van der Waals surface area contributed by atoms with Gasteiger partial charge in [-0.2, -0.15) is 0 Å². The van der Waals surface area contributed by atoms with Gasteiger partial charge in [0, 0.05) is 13.1 Å². The van der Waals surface area contributed by atoms with Crippen LogP contribution in [0.15, 0.2) is 30.3 Å². The minimum Gasteiger partial charge on any atom is -0.399 e. The lowest BCUT2D eigenvalue weighted by molar-refractivity contribution is 0.00578. The molecule has 2 aliphatic heterocycles. The van der Waals surface area contributed by atoms with Crippen molar-refractivity contribution in [3.8, 4) is 0 Å². The summed E-state index contributed by atoms with van der Waals surface area (Å²) in [6.45, 7) is 10.5. The second-order valence-electron chi connectivity index (χ2n) is 7.45. The largest absolute Gasteiger partial charge is 0.494 e.